The molecule has 0 spiro atoms. The van der Waals surface area contributed by atoms with Gasteiger partial charge in [-0.25, -0.2) is 0 Å². The molecule has 0 saturated heterocycles. The summed E-state index contributed by atoms with van der Waals surface area (Å²) >= 11 is 0. The number of aldehydes is 1. The van der Waals surface area contributed by atoms with E-state index in [4.69, 9.17) is 9.84 Å². The first-order chi connectivity index (χ1) is 13.6. The summed E-state index contributed by atoms with van der Waals surface area (Å²) in [5.41, 5.74) is 2.36. The van der Waals surface area contributed by atoms with Gasteiger partial charge in [0, 0.05) is 5.41 Å². The number of allylic oxidation sites excluding steroid dienone is 2. The maximum absolute atomic E-state index is 11.9. The number of carboxylic acids is 1. The first-order valence-electron chi connectivity index (χ1n) is 10.8. The van der Waals surface area contributed by atoms with Crippen molar-refractivity contribution in [3.63, 3.8) is 0 Å². The Hall–Kier alpha value is -1.91. The minimum Gasteiger partial charge on any atom is -0.481 e. The summed E-state index contributed by atoms with van der Waals surface area (Å²) < 4.78 is 5.09. The second-order valence-electron chi connectivity index (χ2n) is 9.45. The average molecular weight is 405 g/mol. The summed E-state index contributed by atoms with van der Waals surface area (Å²) in [5.74, 6) is -0.664. The van der Waals surface area contributed by atoms with Gasteiger partial charge in [0.15, 0.2) is 0 Å². The number of carbonyl (C=O) groups excluding carboxylic acids is 2. The fourth-order valence-electron chi connectivity index (χ4n) is 5.71. The number of rotatable bonds is 9. The summed E-state index contributed by atoms with van der Waals surface area (Å²) in [6.45, 7) is 11.1. The number of ether oxygens (including phenoxy) is 1. The number of aliphatic carboxylic acids is 1. The van der Waals surface area contributed by atoms with Crippen LogP contribution >= 0.6 is 0 Å². The van der Waals surface area contributed by atoms with E-state index in [1.54, 1.807) is 0 Å². The van der Waals surface area contributed by atoms with Gasteiger partial charge in [-0.2, -0.15) is 0 Å². The van der Waals surface area contributed by atoms with Crippen LogP contribution in [0.3, 0.4) is 0 Å². The predicted molar refractivity (Wildman–Crippen MR) is 112 cm³/mol. The van der Waals surface area contributed by atoms with Crippen LogP contribution < -0.4 is 0 Å². The number of hydrogen-bond donors (Lipinski definition) is 1. The summed E-state index contributed by atoms with van der Waals surface area (Å²) in [5, 5.41) is 8.60. The molecule has 2 aliphatic carbocycles. The Morgan fingerprint density at radius 1 is 1.24 bits per heavy atom. The van der Waals surface area contributed by atoms with E-state index in [0.29, 0.717) is 11.8 Å². The number of carboxylic acid groups (broad SMARTS) is 1. The third-order valence-corrected chi connectivity index (χ3v) is 7.38. The lowest BCUT2D eigenvalue weighted by Crippen LogP contribution is -2.51. The Balaban J connectivity index is 1.94. The van der Waals surface area contributed by atoms with Crippen LogP contribution in [0.2, 0.25) is 0 Å². The molecule has 2 rings (SSSR count). The molecule has 29 heavy (non-hydrogen) atoms. The third-order valence-electron chi connectivity index (χ3n) is 7.38. The van der Waals surface area contributed by atoms with E-state index in [1.165, 1.54) is 11.9 Å². The molecule has 0 aliphatic heterocycles. The summed E-state index contributed by atoms with van der Waals surface area (Å²) in [7, 11) is 0. The quantitative estimate of drug-likeness (QED) is 0.328. The molecule has 1 N–H and O–H groups in total. The fourth-order valence-corrected chi connectivity index (χ4v) is 5.71. The van der Waals surface area contributed by atoms with Crippen molar-refractivity contribution in [1.82, 2.24) is 0 Å². The highest BCUT2D eigenvalue weighted by molar-refractivity contribution is 5.76. The molecule has 0 aromatic heterocycles. The van der Waals surface area contributed by atoms with E-state index in [2.05, 4.69) is 20.4 Å². The molecule has 2 fully saturated rings. The van der Waals surface area contributed by atoms with Gasteiger partial charge >= 0.3 is 11.9 Å². The molecule has 0 bridgehead atoms. The fraction of sp³-hybridized carbons (Fsp3) is 0.708. The highest BCUT2D eigenvalue weighted by atomic mass is 16.5. The van der Waals surface area contributed by atoms with Crippen LogP contribution in [0.15, 0.2) is 23.8 Å². The molecule has 4 unspecified atom stereocenters. The number of esters is 1. The minimum absolute atomic E-state index is 0.0979. The van der Waals surface area contributed by atoms with E-state index >= 15 is 0 Å². The Kier molecular flexibility index (Phi) is 7.84. The normalized spacial score (nSPS) is 32.4. The molecule has 0 aromatic carbocycles. The van der Waals surface area contributed by atoms with Crippen molar-refractivity contribution in [2.45, 2.75) is 78.6 Å². The molecule has 5 heteroatoms. The summed E-state index contributed by atoms with van der Waals surface area (Å²) in [4.78, 5) is 33.9. The van der Waals surface area contributed by atoms with Gasteiger partial charge in [0.25, 0.3) is 0 Å². The lowest BCUT2D eigenvalue weighted by atomic mass is 9.47. The molecule has 162 valence electrons. The van der Waals surface area contributed by atoms with Crippen molar-refractivity contribution in [3.8, 4) is 0 Å². The summed E-state index contributed by atoms with van der Waals surface area (Å²) in [6.07, 6.45) is 9.98. The zero-order valence-electron chi connectivity index (χ0n) is 18.2. The zero-order chi connectivity index (χ0) is 21.7. The van der Waals surface area contributed by atoms with E-state index in [1.807, 2.05) is 13.0 Å². The van der Waals surface area contributed by atoms with Crippen molar-refractivity contribution < 1.29 is 24.2 Å². The highest BCUT2D eigenvalue weighted by Crippen LogP contribution is 2.61. The predicted octanol–water partition coefficient (Wildman–Crippen LogP) is 5.10. The van der Waals surface area contributed by atoms with Crippen molar-refractivity contribution in [2.75, 3.05) is 6.61 Å². The zero-order valence-corrected chi connectivity index (χ0v) is 18.2. The lowest BCUT2D eigenvalue weighted by Gasteiger charge is -2.57. The van der Waals surface area contributed by atoms with Crippen LogP contribution in [-0.2, 0) is 19.1 Å². The van der Waals surface area contributed by atoms with Gasteiger partial charge in [-0.15, -0.1) is 0 Å². The largest absolute Gasteiger partial charge is 0.481 e. The maximum Gasteiger partial charge on any atom is 0.306 e. The van der Waals surface area contributed by atoms with Crippen molar-refractivity contribution in [1.29, 1.82) is 0 Å². The van der Waals surface area contributed by atoms with Crippen LogP contribution in [0.1, 0.15) is 78.6 Å². The van der Waals surface area contributed by atoms with Gasteiger partial charge in [0.05, 0.1) is 12.8 Å². The molecule has 5 nitrogen and oxygen atoms in total. The number of fused-ring (bicyclic) bond motifs is 1. The van der Waals surface area contributed by atoms with Gasteiger partial charge < -0.3 is 14.6 Å². The molecule has 2 aliphatic rings. The molecule has 0 radical (unpaired) electrons. The van der Waals surface area contributed by atoms with Gasteiger partial charge in [0.1, 0.15) is 12.9 Å². The summed E-state index contributed by atoms with van der Waals surface area (Å²) in [6, 6.07) is 0. The Labute approximate surface area is 174 Å². The van der Waals surface area contributed by atoms with Crippen molar-refractivity contribution in [3.05, 3.63) is 23.8 Å². The van der Waals surface area contributed by atoms with E-state index in [-0.39, 0.29) is 30.3 Å². The second-order valence-corrected chi connectivity index (χ2v) is 9.45. The van der Waals surface area contributed by atoms with Crippen LogP contribution in [-0.4, -0.2) is 29.9 Å². The molecule has 0 heterocycles. The molecular weight excluding hydrogens is 368 g/mol. The minimum atomic E-state index is -0.999. The van der Waals surface area contributed by atoms with Crippen molar-refractivity contribution >= 4 is 18.2 Å². The molecule has 0 amide bonds. The van der Waals surface area contributed by atoms with Crippen LogP contribution in [0.5, 0.6) is 0 Å². The standard InChI is InChI=1S/C24H36O5/c1-17(12-15-29-22(28)11-10-21(26)27)6-8-19-18(2)7-9-20-23(3,16-25)13-5-14-24(19,20)4/h12,16,19-20H,2,5-11,13-15H2,1,3-4H3,(H,26,27). The van der Waals surface area contributed by atoms with Gasteiger partial charge in [0.2, 0.25) is 0 Å². The first-order valence-corrected chi connectivity index (χ1v) is 10.8. The smallest absolute Gasteiger partial charge is 0.306 e. The highest BCUT2D eigenvalue weighted by Gasteiger charge is 2.54. The Morgan fingerprint density at radius 2 is 1.97 bits per heavy atom. The number of hydrogen-bond acceptors (Lipinski definition) is 4. The van der Waals surface area contributed by atoms with Crippen LogP contribution in [0.4, 0.5) is 0 Å². The van der Waals surface area contributed by atoms with Crippen LogP contribution in [0.25, 0.3) is 0 Å². The SMILES string of the molecule is C=C1CCC2C(C)(C=O)CCCC2(C)C1CCC(C)=CCOC(=O)CCC(=O)O. The van der Waals surface area contributed by atoms with Gasteiger partial charge in [-0.3, -0.25) is 9.59 Å². The second kappa shape index (κ2) is 9.73. The van der Waals surface area contributed by atoms with Crippen LogP contribution in [0, 0.1) is 22.7 Å². The topological polar surface area (TPSA) is 80.7 Å². The lowest BCUT2D eigenvalue weighted by molar-refractivity contribution is -0.146. The molecule has 2 saturated carbocycles. The monoisotopic (exact) mass is 404 g/mol. The number of carbonyl (C=O) groups is 3. The Morgan fingerprint density at radius 3 is 2.62 bits per heavy atom. The van der Waals surface area contributed by atoms with Crippen molar-refractivity contribution in [2.24, 2.45) is 22.7 Å². The maximum atomic E-state index is 11.9. The average Bonchev–Trinajstić information content (AvgIpc) is 2.65. The van der Waals surface area contributed by atoms with E-state index < -0.39 is 11.9 Å². The van der Waals surface area contributed by atoms with Gasteiger partial charge in [-0.1, -0.05) is 38.0 Å². The third kappa shape index (κ3) is 5.58. The molecular formula is C24H36O5. The van der Waals surface area contributed by atoms with Gasteiger partial charge in [-0.05, 0) is 68.8 Å². The molecule has 4 atom stereocenters. The first kappa shape index (κ1) is 23.4. The Bertz CT molecular complexity index is 679. The molecule has 0 aromatic rings. The van der Waals surface area contributed by atoms with E-state index in [9.17, 15) is 14.4 Å². The van der Waals surface area contributed by atoms with E-state index in [0.717, 1.165) is 50.5 Å².